The maximum Gasteiger partial charge on any atom is 0.254 e. The summed E-state index contributed by atoms with van der Waals surface area (Å²) in [6.07, 6.45) is 0. The van der Waals surface area contributed by atoms with Crippen LogP contribution in [0, 0.1) is 0 Å². The number of carbonyl (C=O) groups excluding carboxylic acids is 2. The van der Waals surface area contributed by atoms with Gasteiger partial charge in [-0.05, 0) is 29.8 Å². The molecule has 0 aromatic heterocycles. The van der Waals surface area contributed by atoms with E-state index in [1.807, 2.05) is 42.5 Å². The van der Waals surface area contributed by atoms with Crippen molar-refractivity contribution in [3.63, 3.8) is 0 Å². The van der Waals surface area contributed by atoms with Gasteiger partial charge in [0.2, 0.25) is 5.91 Å². The summed E-state index contributed by atoms with van der Waals surface area (Å²) in [6, 6.07) is 17.9. The molecule has 4 nitrogen and oxygen atoms in total. The molecule has 0 unspecified atom stereocenters. The second-order valence-corrected chi connectivity index (χ2v) is 6.42. The van der Waals surface area contributed by atoms with Gasteiger partial charge < -0.3 is 10.2 Å². The monoisotopic (exact) mass is 326 g/mol. The van der Waals surface area contributed by atoms with Crippen molar-refractivity contribution in [1.82, 2.24) is 10.2 Å². The minimum Gasteiger partial charge on any atom is -0.353 e. The number of benzene rings is 2. The Labute approximate surface area is 139 Å². The molecule has 1 aliphatic heterocycles. The molecule has 1 heterocycles. The van der Waals surface area contributed by atoms with Gasteiger partial charge in [-0.15, -0.1) is 11.8 Å². The average molecular weight is 326 g/mol. The summed E-state index contributed by atoms with van der Waals surface area (Å²) >= 11 is 1.74. The lowest BCUT2D eigenvalue weighted by molar-refractivity contribution is -0.123. The Morgan fingerprint density at radius 2 is 1.83 bits per heavy atom. The van der Waals surface area contributed by atoms with E-state index in [0.29, 0.717) is 18.7 Å². The van der Waals surface area contributed by atoms with E-state index in [2.05, 4.69) is 17.4 Å². The van der Waals surface area contributed by atoms with Gasteiger partial charge in [0.05, 0.1) is 6.54 Å². The van der Waals surface area contributed by atoms with E-state index >= 15 is 0 Å². The molecule has 2 amide bonds. The van der Waals surface area contributed by atoms with Crippen molar-refractivity contribution in [3.05, 3.63) is 65.7 Å². The number of hydrogen-bond donors (Lipinski definition) is 1. The van der Waals surface area contributed by atoms with Crippen LogP contribution in [0.15, 0.2) is 59.5 Å². The zero-order valence-corrected chi connectivity index (χ0v) is 13.5. The molecule has 1 saturated heterocycles. The number of hydrogen-bond acceptors (Lipinski definition) is 3. The molecule has 23 heavy (non-hydrogen) atoms. The molecular formula is C18H18N2O2S. The molecule has 3 rings (SSSR count). The first-order valence-electron chi connectivity index (χ1n) is 7.55. The van der Waals surface area contributed by atoms with Crippen LogP contribution in [0.25, 0.3) is 0 Å². The van der Waals surface area contributed by atoms with Crippen molar-refractivity contribution in [2.75, 3.05) is 19.6 Å². The summed E-state index contributed by atoms with van der Waals surface area (Å²) in [6.45, 7) is 1.23. The lowest BCUT2D eigenvalue weighted by atomic mass is 10.2. The highest BCUT2D eigenvalue weighted by Crippen LogP contribution is 2.23. The molecule has 2 aromatic rings. The Bertz CT molecular complexity index is 686. The predicted octanol–water partition coefficient (Wildman–Crippen LogP) is 2.55. The number of nitrogens with one attached hydrogen (secondary N) is 1. The molecule has 1 fully saturated rings. The van der Waals surface area contributed by atoms with E-state index in [1.165, 1.54) is 5.56 Å². The highest BCUT2D eigenvalue weighted by molar-refractivity contribution is 7.98. The van der Waals surface area contributed by atoms with Crippen LogP contribution in [0.1, 0.15) is 15.9 Å². The molecule has 0 atom stereocenters. The fourth-order valence-electron chi connectivity index (χ4n) is 2.43. The largest absolute Gasteiger partial charge is 0.353 e. The molecule has 118 valence electrons. The third-order valence-corrected chi connectivity index (χ3v) is 4.76. The van der Waals surface area contributed by atoms with Crippen LogP contribution in [0.2, 0.25) is 0 Å². The van der Waals surface area contributed by atoms with E-state index in [0.717, 1.165) is 10.6 Å². The third-order valence-electron chi connectivity index (χ3n) is 3.68. The summed E-state index contributed by atoms with van der Waals surface area (Å²) in [5, 5.41) is 2.72. The Morgan fingerprint density at radius 1 is 1.09 bits per heavy atom. The Kier molecular flexibility index (Phi) is 4.98. The summed E-state index contributed by atoms with van der Waals surface area (Å²) in [5.74, 6) is 0.722. The van der Waals surface area contributed by atoms with Gasteiger partial charge in [0.15, 0.2) is 0 Å². The number of carbonyl (C=O) groups is 2. The van der Waals surface area contributed by atoms with Crippen LogP contribution in [-0.4, -0.2) is 36.3 Å². The lowest BCUT2D eigenvalue weighted by Crippen LogP contribution is -2.49. The van der Waals surface area contributed by atoms with Gasteiger partial charge in [-0.3, -0.25) is 9.59 Å². The smallest absolute Gasteiger partial charge is 0.254 e. The maximum absolute atomic E-state index is 12.4. The van der Waals surface area contributed by atoms with Crippen molar-refractivity contribution in [1.29, 1.82) is 0 Å². The molecule has 2 aromatic carbocycles. The Morgan fingerprint density at radius 3 is 2.52 bits per heavy atom. The number of thioether (sulfide) groups is 1. The van der Waals surface area contributed by atoms with E-state index in [4.69, 9.17) is 0 Å². The maximum atomic E-state index is 12.4. The summed E-state index contributed by atoms with van der Waals surface area (Å²) in [7, 11) is 0. The Balaban J connectivity index is 1.60. The highest BCUT2D eigenvalue weighted by Gasteiger charge is 2.21. The van der Waals surface area contributed by atoms with E-state index in [1.54, 1.807) is 16.7 Å². The van der Waals surface area contributed by atoms with Crippen molar-refractivity contribution in [3.8, 4) is 0 Å². The predicted molar refractivity (Wildman–Crippen MR) is 91.4 cm³/mol. The first kappa shape index (κ1) is 15.6. The molecule has 0 aliphatic carbocycles. The van der Waals surface area contributed by atoms with Gasteiger partial charge >= 0.3 is 0 Å². The molecule has 1 aliphatic rings. The van der Waals surface area contributed by atoms with Crippen molar-refractivity contribution in [2.45, 2.75) is 10.6 Å². The minimum atomic E-state index is -0.0976. The molecular weight excluding hydrogens is 308 g/mol. The van der Waals surface area contributed by atoms with E-state index < -0.39 is 0 Å². The number of nitrogens with zero attached hydrogens (tertiary/aromatic N) is 1. The van der Waals surface area contributed by atoms with Crippen LogP contribution in [0.5, 0.6) is 0 Å². The van der Waals surface area contributed by atoms with Crippen LogP contribution in [0.4, 0.5) is 0 Å². The van der Waals surface area contributed by atoms with E-state index in [9.17, 15) is 9.59 Å². The molecule has 0 radical (unpaired) electrons. The normalized spacial score (nSPS) is 14.4. The lowest BCUT2D eigenvalue weighted by Gasteiger charge is -2.26. The van der Waals surface area contributed by atoms with E-state index in [-0.39, 0.29) is 18.4 Å². The van der Waals surface area contributed by atoms with Gasteiger partial charge in [-0.25, -0.2) is 0 Å². The zero-order chi connectivity index (χ0) is 16.1. The van der Waals surface area contributed by atoms with Crippen LogP contribution < -0.4 is 5.32 Å². The van der Waals surface area contributed by atoms with Gasteiger partial charge in [0.1, 0.15) is 0 Å². The number of amides is 2. The van der Waals surface area contributed by atoms with Gasteiger partial charge in [-0.2, -0.15) is 0 Å². The third kappa shape index (κ3) is 4.13. The SMILES string of the molecule is O=C1CN(C(=O)c2ccc(SCc3ccccc3)cc2)CCN1. The second-order valence-electron chi connectivity index (χ2n) is 5.38. The fraction of sp³-hybridized carbons (Fsp3) is 0.222. The van der Waals surface area contributed by atoms with Crippen LogP contribution in [-0.2, 0) is 10.5 Å². The second kappa shape index (κ2) is 7.33. The van der Waals surface area contributed by atoms with Gasteiger partial charge in [0.25, 0.3) is 5.91 Å². The van der Waals surface area contributed by atoms with Gasteiger partial charge in [-0.1, -0.05) is 30.3 Å². The zero-order valence-electron chi connectivity index (χ0n) is 12.7. The highest BCUT2D eigenvalue weighted by atomic mass is 32.2. The molecule has 1 N–H and O–H groups in total. The van der Waals surface area contributed by atoms with Crippen molar-refractivity contribution in [2.24, 2.45) is 0 Å². The first-order valence-corrected chi connectivity index (χ1v) is 8.54. The summed E-state index contributed by atoms with van der Waals surface area (Å²) < 4.78 is 0. The van der Waals surface area contributed by atoms with Crippen molar-refractivity contribution < 1.29 is 9.59 Å². The van der Waals surface area contributed by atoms with Gasteiger partial charge in [0, 0.05) is 29.3 Å². The topological polar surface area (TPSA) is 49.4 Å². The number of piperazine rings is 1. The quantitative estimate of drug-likeness (QED) is 0.879. The summed E-state index contributed by atoms with van der Waals surface area (Å²) in [4.78, 5) is 26.5. The molecule has 0 spiro atoms. The Hall–Kier alpha value is -2.27. The fourth-order valence-corrected chi connectivity index (χ4v) is 3.28. The van der Waals surface area contributed by atoms with Crippen LogP contribution >= 0.6 is 11.8 Å². The van der Waals surface area contributed by atoms with Crippen molar-refractivity contribution >= 4 is 23.6 Å². The molecule has 0 saturated carbocycles. The molecule has 0 bridgehead atoms. The summed E-state index contributed by atoms with van der Waals surface area (Å²) in [5.41, 5.74) is 1.90. The standard InChI is InChI=1S/C18H18N2O2S/c21-17-12-20(11-10-19-17)18(22)15-6-8-16(9-7-15)23-13-14-4-2-1-3-5-14/h1-9H,10-13H2,(H,19,21). The first-order chi connectivity index (χ1) is 11.2. The molecule has 5 heteroatoms. The van der Waals surface area contributed by atoms with Crippen LogP contribution in [0.3, 0.4) is 0 Å². The average Bonchev–Trinajstić information content (AvgIpc) is 2.61. The minimum absolute atomic E-state index is 0.0838. The number of rotatable bonds is 4.